The molecule has 3 rings (SSSR count). The predicted molar refractivity (Wildman–Crippen MR) is 151 cm³/mol. The van der Waals surface area contributed by atoms with Gasteiger partial charge in [-0.05, 0) is 29.7 Å². The standard InChI is InChI=1S/C20H21N3O10S3.C2H6.CH4N.Y/c1-29-32-33-34-12-21-16-9-8-13-10-14(35(25,26)30-2)11-17(24)19(13)20(16)23-22-15-6-4-5-7-18(15)36(27,28)31-3;2*1-2;/h4-11,21,24H,12H2,1-3H3;1-2H3;2H,1H3;/q;;-1;. The summed E-state index contributed by atoms with van der Waals surface area (Å²) < 4.78 is 62.6. The molecule has 0 saturated carbocycles. The molecule has 3 aromatic rings. The Bertz CT molecular complexity index is 1490. The van der Waals surface area contributed by atoms with E-state index < -0.39 is 26.0 Å². The summed E-state index contributed by atoms with van der Waals surface area (Å²) >= 11 is 0.838. The van der Waals surface area contributed by atoms with Gasteiger partial charge >= 0.3 is 0 Å². The van der Waals surface area contributed by atoms with Crippen molar-refractivity contribution in [1.29, 1.82) is 0 Å². The van der Waals surface area contributed by atoms with E-state index in [-0.39, 0.29) is 65.1 Å². The summed E-state index contributed by atoms with van der Waals surface area (Å²) in [7, 11) is -3.65. The van der Waals surface area contributed by atoms with Crippen molar-refractivity contribution in [1.82, 2.24) is 0 Å². The number of anilines is 1. The van der Waals surface area contributed by atoms with Crippen LogP contribution in [0.15, 0.2) is 68.6 Å². The topological polar surface area (TPSA) is 195 Å². The average Bonchev–Trinajstić information content (AvgIpc) is 2.98. The number of rotatable bonds is 12. The third kappa shape index (κ3) is 10.8. The second-order valence-electron chi connectivity index (χ2n) is 6.65. The molecule has 14 nitrogen and oxygen atoms in total. The predicted octanol–water partition coefficient (Wildman–Crippen LogP) is 5.85. The van der Waals surface area contributed by atoms with Crippen LogP contribution >= 0.6 is 12.0 Å². The molecule has 0 fully saturated rings. The van der Waals surface area contributed by atoms with Crippen LogP contribution in [0.25, 0.3) is 16.5 Å². The molecule has 225 valence electrons. The molecule has 0 aliphatic heterocycles. The molecule has 0 aliphatic carbocycles. The number of benzene rings is 3. The van der Waals surface area contributed by atoms with Crippen molar-refractivity contribution in [2.24, 2.45) is 10.2 Å². The Kier molecular flexibility index (Phi) is 18.6. The molecular formula is C23H31N4O10S3Y-. The minimum absolute atomic E-state index is 0. The molecule has 0 aromatic heterocycles. The largest absolute Gasteiger partial charge is 0.680 e. The molecule has 0 saturated heterocycles. The van der Waals surface area contributed by atoms with E-state index in [2.05, 4.69) is 38.2 Å². The Morgan fingerprint density at radius 1 is 0.927 bits per heavy atom. The summed E-state index contributed by atoms with van der Waals surface area (Å²) in [6, 6.07) is 11.2. The molecule has 41 heavy (non-hydrogen) atoms. The van der Waals surface area contributed by atoms with Crippen molar-refractivity contribution in [2.45, 2.75) is 23.6 Å². The molecule has 1 radical (unpaired) electrons. The average molecular weight is 709 g/mol. The Hall–Kier alpha value is -1.77. The quantitative estimate of drug-likeness (QED) is 0.0434. The van der Waals surface area contributed by atoms with Gasteiger partial charge in [0.05, 0.1) is 55.2 Å². The smallest absolute Gasteiger partial charge is 0.298 e. The fourth-order valence-electron chi connectivity index (χ4n) is 3.01. The number of phenols is 1. The van der Waals surface area contributed by atoms with Crippen LogP contribution in [-0.2, 0) is 75.6 Å². The summed E-state index contributed by atoms with van der Waals surface area (Å²) in [4.78, 5) is 3.83. The fourth-order valence-corrected chi connectivity index (χ4v) is 4.88. The van der Waals surface area contributed by atoms with E-state index in [0.717, 1.165) is 32.3 Å². The van der Waals surface area contributed by atoms with Crippen molar-refractivity contribution in [3.05, 3.63) is 54.3 Å². The minimum atomic E-state index is -4.09. The van der Waals surface area contributed by atoms with Gasteiger partial charge in [-0.3, -0.25) is 8.37 Å². The van der Waals surface area contributed by atoms with Gasteiger partial charge in [0, 0.05) is 38.8 Å². The first-order valence-corrected chi connectivity index (χ1v) is 15.0. The zero-order valence-electron chi connectivity index (χ0n) is 23.1. The monoisotopic (exact) mass is 708 g/mol. The summed E-state index contributed by atoms with van der Waals surface area (Å²) in [5.41, 5.74) is 6.17. The van der Waals surface area contributed by atoms with Crippen LogP contribution in [0.5, 0.6) is 5.75 Å². The van der Waals surface area contributed by atoms with Crippen LogP contribution in [0, 0.1) is 0 Å². The van der Waals surface area contributed by atoms with Crippen LogP contribution in [0.2, 0.25) is 0 Å². The maximum Gasteiger partial charge on any atom is 0.298 e. The van der Waals surface area contributed by atoms with E-state index in [4.69, 9.17) is 5.73 Å². The molecule has 0 aliphatic rings. The summed E-state index contributed by atoms with van der Waals surface area (Å²) in [6.45, 7) is 4.00. The maximum absolute atomic E-state index is 12.3. The zero-order valence-corrected chi connectivity index (χ0v) is 28.4. The third-order valence-electron chi connectivity index (χ3n) is 4.63. The van der Waals surface area contributed by atoms with Crippen LogP contribution in [0.3, 0.4) is 0 Å². The van der Waals surface area contributed by atoms with E-state index in [0.29, 0.717) is 11.1 Å². The van der Waals surface area contributed by atoms with Crippen LogP contribution in [0.4, 0.5) is 17.1 Å². The number of nitrogens with zero attached hydrogens (tertiary/aromatic N) is 2. The van der Waals surface area contributed by atoms with E-state index in [9.17, 15) is 21.9 Å². The van der Waals surface area contributed by atoms with Gasteiger partial charge in [-0.15, -0.1) is 14.6 Å². The molecule has 18 heteroatoms. The second-order valence-corrected chi connectivity index (χ2v) is 10.7. The molecule has 0 atom stereocenters. The van der Waals surface area contributed by atoms with Gasteiger partial charge < -0.3 is 16.2 Å². The molecule has 3 aromatic carbocycles. The first-order chi connectivity index (χ1) is 19.1. The summed E-state index contributed by atoms with van der Waals surface area (Å²) in [5.74, 6) is -0.298. The van der Waals surface area contributed by atoms with E-state index in [1.54, 1.807) is 18.2 Å². The van der Waals surface area contributed by atoms with Gasteiger partial charge in [-0.1, -0.05) is 37.1 Å². The fraction of sp³-hybridized carbons (Fsp3) is 0.304. The van der Waals surface area contributed by atoms with Crippen molar-refractivity contribution in [3.8, 4) is 5.75 Å². The van der Waals surface area contributed by atoms with Gasteiger partial charge in [0.25, 0.3) is 20.2 Å². The zero-order chi connectivity index (χ0) is 30.3. The van der Waals surface area contributed by atoms with Gasteiger partial charge in [0.1, 0.15) is 22.0 Å². The van der Waals surface area contributed by atoms with Crippen LogP contribution in [0.1, 0.15) is 13.8 Å². The maximum atomic E-state index is 12.3. The number of fused-ring (bicyclic) bond motifs is 1. The summed E-state index contributed by atoms with van der Waals surface area (Å²) in [6.07, 6.45) is 0. The van der Waals surface area contributed by atoms with Gasteiger partial charge in [-0.2, -0.15) is 23.9 Å². The molecule has 0 amide bonds. The second kappa shape index (κ2) is 19.4. The van der Waals surface area contributed by atoms with Crippen molar-refractivity contribution < 1.29 is 77.3 Å². The molecule has 0 heterocycles. The van der Waals surface area contributed by atoms with E-state index >= 15 is 0 Å². The number of hydrogen-bond acceptors (Lipinski definition) is 14. The Labute approximate surface area is 269 Å². The van der Waals surface area contributed by atoms with Crippen LogP contribution in [-0.4, -0.2) is 56.2 Å². The van der Waals surface area contributed by atoms with Crippen molar-refractivity contribution in [3.63, 3.8) is 0 Å². The number of azo groups is 1. The number of nitrogens with one attached hydrogen (secondary N) is 2. The first-order valence-electron chi connectivity index (χ1n) is 11.3. The number of aromatic hydroxyl groups is 1. The number of hydrogen-bond donors (Lipinski definition) is 2. The third-order valence-corrected chi connectivity index (χ3v) is 7.62. The van der Waals surface area contributed by atoms with Gasteiger partial charge in [-0.25, -0.2) is 4.89 Å². The number of phenolic OH excluding ortho intramolecular Hbond substituents is 1. The molecule has 0 unspecified atom stereocenters. The Morgan fingerprint density at radius 3 is 2.17 bits per heavy atom. The minimum Gasteiger partial charge on any atom is -0.680 e. The van der Waals surface area contributed by atoms with Gasteiger partial charge in [0.15, 0.2) is 0 Å². The van der Waals surface area contributed by atoms with Crippen molar-refractivity contribution in [2.75, 3.05) is 39.6 Å². The van der Waals surface area contributed by atoms with E-state index in [1.165, 1.54) is 38.4 Å². The Morgan fingerprint density at radius 2 is 1.56 bits per heavy atom. The molecular weight excluding hydrogens is 677 g/mol. The van der Waals surface area contributed by atoms with E-state index in [1.807, 2.05) is 13.8 Å². The SMILES string of the molecule is CC.COOOSCNc1ccc2cc(S(=O)(=O)OC)cc(O)c2c1N=Nc1ccccc1S(=O)(=O)OC.C[NH-].[Y]. The Balaban J connectivity index is 0.00000306. The van der Waals surface area contributed by atoms with Gasteiger partial charge in [0.2, 0.25) is 0 Å². The normalized spacial score (nSPS) is 11.2. The van der Waals surface area contributed by atoms with Crippen LogP contribution < -0.4 is 5.32 Å². The first kappa shape index (κ1) is 39.2. The summed E-state index contributed by atoms with van der Waals surface area (Å²) in [5, 5.41) is 26.8. The van der Waals surface area contributed by atoms with Crippen molar-refractivity contribution >= 4 is 60.1 Å². The molecule has 3 N–H and O–H groups in total. The molecule has 0 spiro atoms. The molecule has 0 bridgehead atoms.